The van der Waals surface area contributed by atoms with Crippen molar-refractivity contribution >= 4 is 42.4 Å². The Bertz CT molecular complexity index is 1570. The van der Waals surface area contributed by atoms with Gasteiger partial charge in [0.25, 0.3) is 8.32 Å². The van der Waals surface area contributed by atoms with E-state index in [0.717, 1.165) is 10.4 Å². The van der Waals surface area contributed by atoms with Gasteiger partial charge in [0.1, 0.15) is 37.0 Å². The number of ketones is 1. The van der Waals surface area contributed by atoms with Crippen molar-refractivity contribution in [1.82, 2.24) is 4.90 Å². The van der Waals surface area contributed by atoms with E-state index in [-0.39, 0.29) is 29.8 Å². The molecule has 11 heteroatoms. The third-order valence-corrected chi connectivity index (χ3v) is 13.9. The SMILES string of the molecule is CO[C@@H]1[C@H](O[Si](c2ccccc2)(c2ccccc2)C(C)(C)C)[C@@H](CO)O[C@H]1N1CN=C2C1=NC=NC2(N)C(=O)c1ccccc1. The lowest BCUT2D eigenvalue weighted by Gasteiger charge is -2.46. The molecule has 0 amide bonds. The van der Waals surface area contributed by atoms with Crippen molar-refractivity contribution in [3.8, 4) is 0 Å². The van der Waals surface area contributed by atoms with Gasteiger partial charge in [-0.05, 0) is 15.4 Å². The number of rotatable bonds is 9. The maximum atomic E-state index is 13.6. The average molecular weight is 626 g/mol. The molecule has 3 aliphatic rings. The van der Waals surface area contributed by atoms with Crippen LogP contribution in [0.3, 0.4) is 0 Å². The summed E-state index contributed by atoms with van der Waals surface area (Å²) in [6, 6.07) is 29.4. The number of aliphatic hydroxyl groups is 1. The molecule has 234 valence electrons. The van der Waals surface area contributed by atoms with Crippen LogP contribution in [0.5, 0.6) is 0 Å². The third-order valence-electron chi connectivity index (χ3n) is 8.82. The summed E-state index contributed by atoms with van der Waals surface area (Å²) in [5.41, 5.74) is 5.61. The van der Waals surface area contributed by atoms with Crippen LogP contribution in [0.2, 0.25) is 5.04 Å². The second-order valence-corrected chi connectivity index (χ2v) is 16.7. The molecule has 3 aromatic rings. The molecule has 0 saturated carbocycles. The van der Waals surface area contributed by atoms with Gasteiger partial charge in [0.15, 0.2) is 12.1 Å². The molecule has 0 aliphatic carbocycles. The molecule has 0 spiro atoms. The highest BCUT2D eigenvalue weighted by molar-refractivity contribution is 6.99. The largest absolute Gasteiger partial charge is 0.399 e. The van der Waals surface area contributed by atoms with E-state index in [1.807, 2.05) is 47.4 Å². The monoisotopic (exact) mass is 625 g/mol. The Balaban J connectivity index is 1.36. The van der Waals surface area contributed by atoms with Crippen molar-refractivity contribution in [2.24, 2.45) is 20.7 Å². The van der Waals surface area contributed by atoms with Crippen molar-refractivity contribution in [3.63, 3.8) is 0 Å². The highest BCUT2D eigenvalue weighted by Crippen LogP contribution is 2.41. The first-order chi connectivity index (χ1) is 21.7. The number of aliphatic hydroxyl groups excluding tert-OH is 1. The van der Waals surface area contributed by atoms with Gasteiger partial charge in [-0.2, -0.15) is 0 Å². The Kier molecular flexibility index (Phi) is 8.42. The molecule has 1 saturated heterocycles. The van der Waals surface area contributed by atoms with Gasteiger partial charge in [-0.15, -0.1) is 0 Å². The molecule has 0 bridgehead atoms. The number of methoxy groups -OCH3 is 1. The van der Waals surface area contributed by atoms with Gasteiger partial charge in [0.05, 0.1) is 6.61 Å². The molecule has 3 N–H and O–H groups in total. The number of fused-ring (bicyclic) bond motifs is 1. The van der Waals surface area contributed by atoms with Crippen LogP contribution in [0, 0.1) is 0 Å². The normalized spacial score (nSPS) is 26.4. The molecule has 3 aliphatic heterocycles. The molecule has 6 rings (SSSR count). The van der Waals surface area contributed by atoms with Gasteiger partial charge >= 0.3 is 0 Å². The van der Waals surface area contributed by atoms with Crippen LogP contribution in [0.1, 0.15) is 31.1 Å². The lowest BCUT2D eigenvalue weighted by atomic mass is 9.93. The highest BCUT2D eigenvalue weighted by atomic mass is 28.4. The number of ether oxygens (including phenoxy) is 2. The fraction of sp³-hybridized carbons (Fsp3) is 0.353. The Morgan fingerprint density at radius 3 is 2.11 bits per heavy atom. The summed E-state index contributed by atoms with van der Waals surface area (Å²) in [6.45, 7) is 6.42. The van der Waals surface area contributed by atoms with Gasteiger partial charge in [-0.1, -0.05) is 112 Å². The summed E-state index contributed by atoms with van der Waals surface area (Å²) in [5, 5.41) is 12.6. The van der Waals surface area contributed by atoms with Crippen molar-refractivity contribution < 1.29 is 23.8 Å². The minimum atomic E-state index is -3.04. The van der Waals surface area contributed by atoms with Gasteiger partial charge in [0, 0.05) is 12.7 Å². The molecular formula is C34H39N5O5Si. The van der Waals surface area contributed by atoms with E-state index in [4.69, 9.17) is 19.6 Å². The number of benzene rings is 3. The summed E-state index contributed by atoms with van der Waals surface area (Å²) < 4.78 is 20.1. The van der Waals surface area contributed by atoms with E-state index < -0.39 is 38.5 Å². The van der Waals surface area contributed by atoms with Crippen LogP contribution < -0.4 is 16.1 Å². The van der Waals surface area contributed by atoms with Crippen LogP contribution >= 0.6 is 0 Å². The zero-order valence-corrected chi connectivity index (χ0v) is 26.9. The number of nitrogens with two attached hydrogens (primary N) is 1. The number of carbonyl (C=O) groups is 1. The van der Waals surface area contributed by atoms with E-state index in [1.54, 1.807) is 31.4 Å². The molecule has 1 fully saturated rings. The van der Waals surface area contributed by atoms with Crippen LogP contribution in [0.15, 0.2) is 106 Å². The molecular weight excluding hydrogens is 586 g/mol. The van der Waals surface area contributed by atoms with Crippen LogP contribution in [0.25, 0.3) is 0 Å². The van der Waals surface area contributed by atoms with Crippen molar-refractivity contribution in [1.29, 1.82) is 0 Å². The first-order valence-electron chi connectivity index (χ1n) is 15.1. The molecule has 3 aromatic carbocycles. The van der Waals surface area contributed by atoms with E-state index in [0.29, 0.717) is 11.4 Å². The Morgan fingerprint density at radius 1 is 1.00 bits per heavy atom. The first-order valence-corrected chi connectivity index (χ1v) is 17.0. The second kappa shape index (κ2) is 12.2. The number of hydrogen-bond acceptors (Lipinski definition) is 10. The van der Waals surface area contributed by atoms with Crippen molar-refractivity contribution in [2.75, 3.05) is 20.4 Å². The Morgan fingerprint density at radius 2 is 1.58 bits per heavy atom. The summed E-state index contributed by atoms with van der Waals surface area (Å²) in [6.07, 6.45) is -1.44. The standard InChI is InChI=1S/C34H39N5O5Si/c1-33(2,3)45(24-16-10-6-11-17-24,25-18-12-7-13-19-25)44-27-26(20-40)43-32(28(27)42-4)39-22-37-29-31(39)36-21-38-34(29,35)30(41)23-14-8-5-9-15-23/h5-19,21,26-28,32,40H,20,22,35H2,1-4H3/t26-,27-,28-,32-,34?/m1/s1. The van der Waals surface area contributed by atoms with E-state index in [9.17, 15) is 9.90 Å². The van der Waals surface area contributed by atoms with Gasteiger partial charge in [-0.25, -0.2) is 9.98 Å². The minimum absolute atomic E-state index is 0.118. The highest BCUT2D eigenvalue weighted by Gasteiger charge is 2.59. The fourth-order valence-electron chi connectivity index (χ4n) is 6.65. The quantitative estimate of drug-likeness (QED) is 0.276. The number of aliphatic imine (C=N–C) groups is 3. The fourth-order valence-corrected chi connectivity index (χ4v) is 11.4. The number of carbonyl (C=O) groups excluding carboxylic acids is 1. The number of amidine groups is 1. The topological polar surface area (TPSA) is 131 Å². The predicted octanol–water partition coefficient (Wildman–Crippen LogP) is 2.36. The maximum Gasteiger partial charge on any atom is 0.261 e. The molecule has 3 heterocycles. The first kappa shape index (κ1) is 31.2. The van der Waals surface area contributed by atoms with Gasteiger partial charge < -0.3 is 23.9 Å². The summed E-state index contributed by atoms with van der Waals surface area (Å²) in [7, 11) is -1.44. The van der Waals surface area contributed by atoms with Crippen molar-refractivity contribution in [3.05, 3.63) is 96.6 Å². The molecule has 5 atom stereocenters. The maximum absolute atomic E-state index is 13.6. The summed E-state index contributed by atoms with van der Waals surface area (Å²) >= 11 is 0. The second-order valence-electron chi connectivity index (χ2n) is 12.5. The third kappa shape index (κ3) is 5.19. The molecule has 45 heavy (non-hydrogen) atoms. The molecule has 0 radical (unpaired) electrons. The Hall–Kier alpha value is -3.84. The minimum Gasteiger partial charge on any atom is -0.399 e. The van der Waals surface area contributed by atoms with Crippen LogP contribution in [-0.4, -0.2) is 92.6 Å². The lowest BCUT2D eigenvalue weighted by Crippen LogP contribution is -2.69. The smallest absolute Gasteiger partial charge is 0.261 e. The summed E-state index contributed by atoms with van der Waals surface area (Å²) in [5.74, 6) is -0.00395. The molecule has 0 aromatic heterocycles. The summed E-state index contributed by atoms with van der Waals surface area (Å²) in [4.78, 5) is 28.9. The Labute approximate surface area is 264 Å². The zero-order chi connectivity index (χ0) is 31.8. The molecule has 1 unspecified atom stereocenters. The van der Waals surface area contributed by atoms with E-state index in [2.05, 4.69) is 60.0 Å². The van der Waals surface area contributed by atoms with Gasteiger partial charge in [0.2, 0.25) is 11.4 Å². The van der Waals surface area contributed by atoms with E-state index in [1.165, 1.54) is 6.34 Å². The number of hydrogen-bond donors (Lipinski definition) is 2. The lowest BCUT2D eigenvalue weighted by molar-refractivity contribution is -0.0765. The zero-order valence-electron chi connectivity index (χ0n) is 25.9. The average Bonchev–Trinajstić information content (AvgIpc) is 3.65. The van der Waals surface area contributed by atoms with Crippen LogP contribution in [0.4, 0.5) is 0 Å². The molecule has 10 nitrogen and oxygen atoms in total. The number of Topliss-reactive ketones (excluding diaryl/α,β-unsaturated/α-hetero) is 1. The van der Waals surface area contributed by atoms with Gasteiger partial charge in [-0.3, -0.25) is 15.5 Å². The van der Waals surface area contributed by atoms with Crippen molar-refractivity contribution in [2.45, 2.75) is 56.0 Å². The van der Waals surface area contributed by atoms with E-state index >= 15 is 0 Å². The number of nitrogens with zero attached hydrogens (tertiary/aromatic N) is 4. The predicted molar refractivity (Wildman–Crippen MR) is 177 cm³/mol. The van der Waals surface area contributed by atoms with Crippen LogP contribution in [-0.2, 0) is 13.9 Å².